The number of methoxy groups -OCH3 is 1. The van der Waals surface area contributed by atoms with Crippen LogP contribution < -0.4 is 10.1 Å². The maximum absolute atomic E-state index is 6.08. The van der Waals surface area contributed by atoms with Crippen molar-refractivity contribution in [2.45, 2.75) is 31.8 Å². The van der Waals surface area contributed by atoms with Crippen LogP contribution in [0.5, 0.6) is 5.75 Å². The molecule has 1 unspecified atom stereocenters. The van der Waals surface area contributed by atoms with Gasteiger partial charge in [-0.1, -0.05) is 11.6 Å². The summed E-state index contributed by atoms with van der Waals surface area (Å²) >= 11 is 6.08. The lowest BCUT2D eigenvalue weighted by atomic mass is 9.93. The molecule has 1 atom stereocenters. The lowest BCUT2D eigenvalue weighted by Crippen LogP contribution is -2.25. The van der Waals surface area contributed by atoms with Crippen molar-refractivity contribution in [3.05, 3.63) is 46.2 Å². The van der Waals surface area contributed by atoms with Gasteiger partial charge in [-0.15, -0.1) is 12.4 Å². The summed E-state index contributed by atoms with van der Waals surface area (Å²) in [6.07, 6.45) is 5.43. The lowest BCUT2D eigenvalue weighted by Gasteiger charge is -2.24. The highest BCUT2D eigenvalue weighted by molar-refractivity contribution is 6.30. The van der Waals surface area contributed by atoms with Gasteiger partial charge in [0.2, 0.25) is 0 Å². The normalized spacial score (nSPS) is 16.8. The number of nitrogens with one attached hydrogen (secondary N) is 1. The van der Waals surface area contributed by atoms with E-state index in [4.69, 9.17) is 16.3 Å². The Bertz CT molecular complexity index is 642. The molecule has 0 bridgehead atoms. The van der Waals surface area contributed by atoms with Crippen LogP contribution in [0.4, 0.5) is 0 Å². The van der Waals surface area contributed by atoms with E-state index >= 15 is 0 Å². The van der Waals surface area contributed by atoms with Crippen LogP contribution in [-0.2, 0) is 20.0 Å². The third kappa shape index (κ3) is 3.40. The highest BCUT2D eigenvalue weighted by Crippen LogP contribution is 2.30. The molecule has 0 aliphatic heterocycles. The fourth-order valence-electron chi connectivity index (χ4n) is 3.04. The van der Waals surface area contributed by atoms with Crippen molar-refractivity contribution >= 4 is 24.0 Å². The average molecular weight is 342 g/mol. The van der Waals surface area contributed by atoms with Gasteiger partial charge in [0.25, 0.3) is 0 Å². The second-order valence-corrected chi connectivity index (χ2v) is 5.89. The van der Waals surface area contributed by atoms with Crippen LogP contribution in [0.15, 0.2) is 24.4 Å². The summed E-state index contributed by atoms with van der Waals surface area (Å²) in [5.74, 6) is 0.870. The highest BCUT2D eigenvalue weighted by Gasteiger charge is 2.23. The molecule has 1 aromatic heterocycles. The summed E-state index contributed by atoms with van der Waals surface area (Å²) in [5, 5.41) is 8.73. The van der Waals surface area contributed by atoms with Gasteiger partial charge in [-0.2, -0.15) is 5.10 Å². The van der Waals surface area contributed by atoms with Crippen molar-refractivity contribution in [1.82, 2.24) is 15.1 Å². The maximum atomic E-state index is 6.08. The van der Waals surface area contributed by atoms with E-state index in [0.717, 1.165) is 35.7 Å². The summed E-state index contributed by atoms with van der Waals surface area (Å²) in [6, 6.07) is 6.07. The average Bonchev–Trinajstić information content (AvgIpc) is 2.87. The molecule has 1 aromatic carbocycles. The molecule has 2 aromatic rings. The van der Waals surface area contributed by atoms with Gasteiger partial charge >= 0.3 is 0 Å². The summed E-state index contributed by atoms with van der Waals surface area (Å²) in [7, 11) is 3.70. The summed E-state index contributed by atoms with van der Waals surface area (Å²) in [5.41, 5.74) is 3.75. The number of nitrogens with zero attached hydrogens (tertiary/aromatic N) is 2. The Kier molecular flexibility index (Phi) is 5.73. The second kappa shape index (κ2) is 7.36. The van der Waals surface area contributed by atoms with E-state index in [1.807, 2.05) is 36.1 Å². The van der Waals surface area contributed by atoms with Gasteiger partial charge in [0, 0.05) is 41.5 Å². The molecule has 0 spiro atoms. The van der Waals surface area contributed by atoms with Gasteiger partial charge in [0.15, 0.2) is 0 Å². The van der Waals surface area contributed by atoms with Crippen LogP contribution in [0.2, 0.25) is 5.02 Å². The van der Waals surface area contributed by atoms with Gasteiger partial charge in [-0.3, -0.25) is 4.68 Å². The minimum atomic E-state index is 0. The zero-order valence-corrected chi connectivity index (χ0v) is 14.4. The number of halogens is 2. The van der Waals surface area contributed by atoms with Crippen molar-refractivity contribution in [1.29, 1.82) is 0 Å². The Labute approximate surface area is 142 Å². The smallest absolute Gasteiger partial charge is 0.123 e. The molecule has 3 rings (SSSR count). The van der Waals surface area contributed by atoms with Crippen molar-refractivity contribution in [3.8, 4) is 5.75 Å². The van der Waals surface area contributed by atoms with Crippen molar-refractivity contribution < 1.29 is 4.74 Å². The topological polar surface area (TPSA) is 39.1 Å². The van der Waals surface area contributed by atoms with Gasteiger partial charge < -0.3 is 10.1 Å². The zero-order chi connectivity index (χ0) is 14.8. The second-order valence-electron chi connectivity index (χ2n) is 5.45. The number of ether oxygens (including phenoxy) is 1. The number of aryl methyl sites for hydroxylation is 1. The Morgan fingerprint density at radius 1 is 1.45 bits per heavy atom. The van der Waals surface area contributed by atoms with E-state index < -0.39 is 0 Å². The lowest BCUT2D eigenvalue weighted by molar-refractivity contribution is 0.400. The number of aromatic nitrogens is 2. The first kappa shape index (κ1) is 17.1. The molecule has 0 amide bonds. The largest absolute Gasteiger partial charge is 0.496 e. The number of benzene rings is 1. The number of rotatable bonds is 4. The monoisotopic (exact) mass is 341 g/mol. The minimum Gasteiger partial charge on any atom is -0.496 e. The quantitative estimate of drug-likeness (QED) is 0.921. The summed E-state index contributed by atoms with van der Waals surface area (Å²) in [4.78, 5) is 0. The van der Waals surface area contributed by atoms with Crippen LogP contribution in [0.25, 0.3) is 0 Å². The molecule has 4 nitrogen and oxygen atoms in total. The predicted octanol–water partition coefficient (Wildman–Crippen LogP) is 3.67. The van der Waals surface area contributed by atoms with E-state index in [1.54, 1.807) is 7.11 Å². The van der Waals surface area contributed by atoms with Crippen molar-refractivity contribution in [2.24, 2.45) is 7.05 Å². The van der Waals surface area contributed by atoms with E-state index in [0.29, 0.717) is 6.04 Å². The maximum Gasteiger partial charge on any atom is 0.123 e. The van der Waals surface area contributed by atoms with Crippen LogP contribution in [0, 0.1) is 0 Å². The van der Waals surface area contributed by atoms with Crippen LogP contribution in [-0.4, -0.2) is 16.9 Å². The molecule has 22 heavy (non-hydrogen) atoms. The number of fused-ring (bicyclic) bond motifs is 1. The SMILES string of the molecule is COc1ccc(Cl)cc1CNC1CCCc2c1cnn2C.Cl. The first-order chi connectivity index (χ1) is 10.2. The van der Waals surface area contributed by atoms with E-state index in [9.17, 15) is 0 Å². The fourth-order valence-corrected chi connectivity index (χ4v) is 3.23. The molecular formula is C16H21Cl2N3O. The first-order valence-electron chi connectivity index (χ1n) is 7.25. The van der Waals surface area contributed by atoms with Crippen molar-refractivity contribution in [3.63, 3.8) is 0 Å². The molecule has 1 heterocycles. The molecular weight excluding hydrogens is 321 g/mol. The molecule has 1 aliphatic carbocycles. The van der Waals surface area contributed by atoms with Gasteiger partial charge in [0.05, 0.1) is 13.3 Å². The van der Waals surface area contributed by atoms with Crippen LogP contribution >= 0.6 is 24.0 Å². The third-order valence-corrected chi connectivity index (χ3v) is 4.39. The molecule has 1 aliphatic rings. The molecule has 6 heteroatoms. The molecule has 0 radical (unpaired) electrons. The standard InChI is InChI=1S/C16H20ClN3O.ClH/c1-20-15-5-3-4-14(13(15)10-19-20)18-9-11-8-12(17)6-7-16(11)21-2;/h6-8,10,14,18H,3-5,9H2,1-2H3;1H. The van der Waals surface area contributed by atoms with Gasteiger partial charge in [-0.25, -0.2) is 0 Å². The molecule has 0 saturated carbocycles. The Morgan fingerprint density at radius 3 is 3.05 bits per heavy atom. The van der Waals surface area contributed by atoms with Gasteiger partial charge in [-0.05, 0) is 37.5 Å². The van der Waals surface area contributed by atoms with Crippen molar-refractivity contribution in [2.75, 3.05) is 7.11 Å². The predicted molar refractivity (Wildman–Crippen MR) is 91.0 cm³/mol. The third-order valence-electron chi connectivity index (χ3n) is 4.16. The Morgan fingerprint density at radius 2 is 2.27 bits per heavy atom. The van der Waals surface area contributed by atoms with Crippen LogP contribution in [0.3, 0.4) is 0 Å². The van der Waals surface area contributed by atoms with E-state index in [-0.39, 0.29) is 12.4 Å². The molecule has 0 fully saturated rings. The summed E-state index contributed by atoms with van der Waals surface area (Å²) in [6.45, 7) is 0.739. The Hall–Kier alpha value is -1.23. The number of hydrogen-bond donors (Lipinski definition) is 1. The van der Waals surface area contributed by atoms with E-state index in [1.165, 1.54) is 17.7 Å². The Balaban J connectivity index is 0.00000176. The molecule has 1 N–H and O–H groups in total. The minimum absolute atomic E-state index is 0. The van der Waals surface area contributed by atoms with Gasteiger partial charge in [0.1, 0.15) is 5.75 Å². The first-order valence-corrected chi connectivity index (χ1v) is 7.63. The number of hydrogen-bond acceptors (Lipinski definition) is 3. The van der Waals surface area contributed by atoms with Crippen LogP contribution in [0.1, 0.15) is 35.7 Å². The molecule has 120 valence electrons. The van der Waals surface area contributed by atoms with E-state index in [2.05, 4.69) is 10.4 Å². The molecule has 0 saturated heterocycles. The zero-order valence-electron chi connectivity index (χ0n) is 12.8. The summed E-state index contributed by atoms with van der Waals surface area (Å²) < 4.78 is 7.39. The fraction of sp³-hybridized carbons (Fsp3) is 0.438. The highest BCUT2D eigenvalue weighted by atomic mass is 35.5.